The quantitative estimate of drug-likeness (QED) is 0.594. The minimum atomic E-state index is -0.147. The number of ether oxygens (including phenoxy) is 1. The number of likely N-dealkylation sites (tertiary alicyclic amines) is 1. The van der Waals surface area contributed by atoms with Crippen molar-refractivity contribution in [1.29, 1.82) is 0 Å². The number of fused-ring (bicyclic) bond motifs is 3. The van der Waals surface area contributed by atoms with Crippen LogP contribution in [-0.2, 0) is 26.3 Å². The van der Waals surface area contributed by atoms with Crippen molar-refractivity contribution < 1.29 is 14.3 Å². The van der Waals surface area contributed by atoms with Gasteiger partial charge in [0.25, 0.3) is 0 Å². The second kappa shape index (κ2) is 9.96. The fraction of sp³-hybridized carbons (Fsp3) is 0.643. The van der Waals surface area contributed by atoms with Gasteiger partial charge in [-0.1, -0.05) is 50.3 Å². The Hall–Kier alpha value is -2.74. The minimum absolute atomic E-state index is 0.0670. The second-order valence-electron chi connectivity index (χ2n) is 11.8. The van der Waals surface area contributed by atoms with Crippen LogP contribution >= 0.6 is 0 Å². The van der Waals surface area contributed by atoms with Gasteiger partial charge in [-0.3, -0.25) is 19.2 Å². The monoisotopic (exact) mass is 493 g/mol. The molecule has 5 heterocycles. The van der Waals surface area contributed by atoms with Crippen LogP contribution in [0.5, 0.6) is 0 Å². The van der Waals surface area contributed by atoms with Crippen molar-refractivity contribution in [3.63, 3.8) is 0 Å². The average molecular weight is 494 g/mol. The van der Waals surface area contributed by atoms with Gasteiger partial charge in [-0.2, -0.15) is 0 Å². The van der Waals surface area contributed by atoms with Gasteiger partial charge in [-0.05, 0) is 49.1 Å². The standard InChI is InChI=1S/C28H39N5O3/c1-28(2,3)22-7-5-19(6-8-22)25-18-33(30-29-25)16-23-15-21-11-14-32(23)17-24(21)26(34)31-12-9-20(10-13-31)27(35)36-4/h5-8,18,20-21,23-24H,9-17H2,1-4H3/t21-,23-,24+/m1/s1. The third-order valence-corrected chi connectivity index (χ3v) is 8.52. The first-order valence-electron chi connectivity index (χ1n) is 13.3. The number of hydrogen-bond donors (Lipinski definition) is 0. The van der Waals surface area contributed by atoms with E-state index in [4.69, 9.17) is 4.74 Å². The van der Waals surface area contributed by atoms with Crippen molar-refractivity contribution >= 4 is 11.9 Å². The summed E-state index contributed by atoms with van der Waals surface area (Å²) in [6.45, 7) is 10.6. The van der Waals surface area contributed by atoms with Gasteiger partial charge in [-0.15, -0.1) is 5.10 Å². The van der Waals surface area contributed by atoms with Crippen LogP contribution in [0.2, 0.25) is 0 Å². The van der Waals surface area contributed by atoms with Crippen LogP contribution in [0.4, 0.5) is 0 Å². The molecule has 4 aliphatic heterocycles. The third kappa shape index (κ3) is 5.05. The molecule has 8 nitrogen and oxygen atoms in total. The van der Waals surface area contributed by atoms with Crippen molar-refractivity contribution in [2.75, 3.05) is 33.3 Å². The highest BCUT2D eigenvalue weighted by molar-refractivity contribution is 5.80. The summed E-state index contributed by atoms with van der Waals surface area (Å²) in [5.41, 5.74) is 3.42. The normalized spacial score (nSPS) is 26.7. The lowest BCUT2D eigenvalue weighted by Gasteiger charge is -2.50. The molecule has 8 heteroatoms. The molecule has 4 fully saturated rings. The topological polar surface area (TPSA) is 80.6 Å². The Morgan fingerprint density at radius 1 is 1.06 bits per heavy atom. The lowest BCUT2D eigenvalue weighted by molar-refractivity contribution is -0.152. The smallest absolute Gasteiger partial charge is 0.308 e. The molecule has 2 aromatic rings. The van der Waals surface area contributed by atoms with Gasteiger partial charge in [0.2, 0.25) is 5.91 Å². The van der Waals surface area contributed by atoms with Gasteiger partial charge in [0.15, 0.2) is 0 Å². The van der Waals surface area contributed by atoms with E-state index in [2.05, 4.69) is 60.2 Å². The number of benzene rings is 1. The largest absolute Gasteiger partial charge is 0.469 e. The van der Waals surface area contributed by atoms with Crippen LogP contribution in [0.25, 0.3) is 11.3 Å². The van der Waals surface area contributed by atoms with Gasteiger partial charge in [0, 0.05) is 31.2 Å². The van der Waals surface area contributed by atoms with Crippen molar-refractivity contribution in [3.8, 4) is 11.3 Å². The number of aromatic nitrogens is 3. The Bertz CT molecular complexity index is 1080. The van der Waals surface area contributed by atoms with E-state index in [1.54, 1.807) is 0 Å². The van der Waals surface area contributed by atoms with Crippen LogP contribution in [0.3, 0.4) is 0 Å². The van der Waals surface area contributed by atoms with E-state index >= 15 is 0 Å². The Kier molecular flexibility index (Phi) is 6.90. The number of carbonyl (C=O) groups is 2. The van der Waals surface area contributed by atoms with E-state index in [0.29, 0.717) is 37.9 Å². The Balaban J connectivity index is 1.17. The van der Waals surface area contributed by atoms with Gasteiger partial charge >= 0.3 is 5.97 Å². The van der Waals surface area contributed by atoms with Gasteiger partial charge in [-0.25, -0.2) is 0 Å². The fourth-order valence-corrected chi connectivity index (χ4v) is 6.22. The van der Waals surface area contributed by atoms with Crippen molar-refractivity contribution in [3.05, 3.63) is 36.0 Å². The molecule has 4 saturated heterocycles. The number of rotatable bonds is 5. The molecule has 1 unspecified atom stereocenters. The number of esters is 1. The molecule has 0 spiro atoms. The number of amides is 1. The summed E-state index contributed by atoms with van der Waals surface area (Å²) in [6.07, 6.45) is 5.55. The molecule has 1 amide bonds. The van der Waals surface area contributed by atoms with Crippen molar-refractivity contribution in [2.24, 2.45) is 17.8 Å². The minimum Gasteiger partial charge on any atom is -0.469 e. The molecular weight excluding hydrogens is 454 g/mol. The molecule has 4 atom stereocenters. The highest BCUT2D eigenvalue weighted by atomic mass is 16.5. The van der Waals surface area contributed by atoms with Crippen LogP contribution in [0.15, 0.2) is 30.5 Å². The molecule has 2 bridgehead atoms. The van der Waals surface area contributed by atoms with E-state index in [-0.39, 0.29) is 29.1 Å². The van der Waals surface area contributed by atoms with Crippen molar-refractivity contribution in [1.82, 2.24) is 24.8 Å². The highest BCUT2D eigenvalue weighted by Gasteiger charge is 2.45. The highest BCUT2D eigenvalue weighted by Crippen LogP contribution is 2.38. The van der Waals surface area contributed by atoms with E-state index < -0.39 is 0 Å². The predicted octanol–water partition coefficient (Wildman–Crippen LogP) is 3.36. The maximum Gasteiger partial charge on any atom is 0.308 e. The maximum absolute atomic E-state index is 13.4. The Morgan fingerprint density at radius 3 is 2.39 bits per heavy atom. The zero-order valence-electron chi connectivity index (χ0n) is 22.0. The molecule has 0 aliphatic carbocycles. The van der Waals surface area contributed by atoms with Crippen LogP contribution in [0, 0.1) is 17.8 Å². The SMILES string of the molecule is COC(=O)C1CCN(C(=O)[C@H]2CN3CC[C@@H]2C[C@@H]3Cn2cc(-c3ccc(C(C)(C)C)cc3)nn2)CC1. The van der Waals surface area contributed by atoms with Crippen molar-refractivity contribution in [2.45, 2.75) is 64.5 Å². The summed E-state index contributed by atoms with van der Waals surface area (Å²) in [5, 5.41) is 8.86. The fourth-order valence-electron chi connectivity index (χ4n) is 6.22. The first-order valence-corrected chi connectivity index (χ1v) is 13.3. The number of methoxy groups -OCH3 is 1. The summed E-state index contributed by atoms with van der Waals surface area (Å²) >= 11 is 0. The lowest BCUT2D eigenvalue weighted by atomic mass is 9.74. The van der Waals surface area contributed by atoms with Crippen LogP contribution in [-0.4, -0.2) is 76.0 Å². The molecule has 1 aromatic carbocycles. The molecule has 0 radical (unpaired) electrons. The number of nitrogens with zero attached hydrogens (tertiary/aromatic N) is 5. The lowest BCUT2D eigenvalue weighted by Crippen LogP contribution is -2.59. The van der Waals surface area contributed by atoms with Gasteiger partial charge < -0.3 is 9.64 Å². The summed E-state index contributed by atoms with van der Waals surface area (Å²) < 4.78 is 6.85. The summed E-state index contributed by atoms with van der Waals surface area (Å²) in [7, 11) is 1.44. The Labute approximate surface area is 214 Å². The van der Waals surface area contributed by atoms with Gasteiger partial charge in [0.05, 0.1) is 31.7 Å². The van der Waals surface area contributed by atoms with E-state index in [9.17, 15) is 9.59 Å². The first kappa shape index (κ1) is 24.9. The number of hydrogen-bond acceptors (Lipinski definition) is 6. The average Bonchev–Trinajstić information content (AvgIpc) is 3.36. The predicted molar refractivity (Wildman–Crippen MR) is 137 cm³/mol. The van der Waals surface area contributed by atoms with Crippen LogP contribution in [0.1, 0.15) is 52.0 Å². The molecule has 0 N–H and O–H groups in total. The van der Waals surface area contributed by atoms with Crippen LogP contribution < -0.4 is 0 Å². The molecule has 194 valence electrons. The molecule has 0 saturated carbocycles. The van der Waals surface area contributed by atoms with E-state index in [0.717, 1.165) is 43.7 Å². The van der Waals surface area contributed by atoms with E-state index in [1.165, 1.54) is 12.7 Å². The summed E-state index contributed by atoms with van der Waals surface area (Å²) in [6, 6.07) is 9.00. The second-order valence-corrected chi connectivity index (χ2v) is 11.8. The molecule has 1 aromatic heterocycles. The zero-order chi connectivity index (χ0) is 25.4. The maximum atomic E-state index is 13.4. The van der Waals surface area contributed by atoms with Gasteiger partial charge in [0.1, 0.15) is 5.69 Å². The summed E-state index contributed by atoms with van der Waals surface area (Å²) in [5.74, 6) is 0.536. The molecule has 36 heavy (non-hydrogen) atoms. The number of piperidine rings is 4. The first-order chi connectivity index (χ1) is 17.2. The Morgan fingerprint density at radius 2 is 1.78 bits per heavy atom. The number of carbonyl (C=O) groups excluding carboxylic acids is 2. The molecule has 4 aliphatic rings. The van der Waals surface area contributed by atoms with E-state index in [1.807, 2.05) is 15.8 Å². The summed E-state index contributed by atoms with van der Waals surface area (Å²) in [4.78, 5) is 29.6. The molecule has 6 rings (SSSR count). The third-order valence-electron chi connectivity index (χ3n) is 8.52. The zero-order valence-corrected chi connectivity index (χ0v) is 22.0. The molecular formula is C28H39N5O3.